The normalized spacial score (nSPS) is 16.2. The zero-order valence-electron chi connectivity index (χ0n) is 7.44. The number of carbonyl (C=O) groups excluding carboxylic acids is 1. The van der Waals surface area contributed by atoms with Gasteiger partial charge in [0.05, 0.1) is 0 Å². The zero-order chi connectivity index (χ0) is 9.10. The Morgan fingerprint density at radius 2 is 2.08 bits per heavy atom. The molecule has 2 rings (SSSR count). The minimum atomic E-state index is 0.0677. The largest absolute Gasteiger partial charge is 0.337 e. The predicted octanol–water partition coefficient (Wildman–Crippen LogP) is 1.32. The van der Waals surface area contributed by atoms with E-state index in [2.05, 4.69) is 4.98 Å². The van der Waals surface area contributed by atoms with Gasteiger partial charge in [-0.25, -0.2) is 0 Å². The molecule has 1 aromatic rings. The SMILES string of the molecule is O=C(c1ccccn1)N1CCCC1. The van der Waals surface area contributed by atoms with Crippen LogP contribution in [0, 0.1) is 0 Å². The summed E-state index contributed by atoms with van der Waals surface area (Å²) in [7, 11) is 0. The maximum absolute atomic E-state index is 11.7. The number of carbonyl (C=O) groups is 1. The number of pyridine rings is 1. The van der Waals surface area contributed by atoms with Gasteiger partial charge in [0.1, 0.15) is 5.69 Å². The first-order valence-corrected chi connectivity index (χ1v) is 4.58. The lowest BCUT2D eigenvalue weighted by Crippen LogP contribution is -2.28. The zero-order valence-corrected chi connectivity index (χ0v) is 7.44. The van der Waals surface area contributed by atoms with Gasteiger partial charge < -0.3 is 4.90 Å². The van der Waals surface area contributed by atoms with Gasteiger partial charge in [-0.1, -0.05) is 6.07 Å². The fourth-order valence-electron chi connectivity index (χ4n) is 1.57. The monoisotopic (exact) mass is 176 g/mol. The third-order valence-corrected chi connectivity index (χ3v) is 2.28. The van der Waals surface area contributed by atoms with Gasteiger partial charge in [0, 0.05) is 19.3 Å². The molecule has 1 fully saturated rings. The molecule has 1 saturated heterocycles. The molecular weight excluding hydrogens is 164 g/mol. The fourth-order valence-corrected chi connectivity index (χ4v) is 1.57. The van der Waals surface area contributed by atoms with E-state index in [1.807, 2.05) is 17.0 Å². The van der Waals surface area contributed by atoms with Gasteiger partial charge in [0.2, 0.25) is 0 Å². The molecular formula is C10H12N2O. The van der Waals surface area contributed by atoms with Crippen molar-refractivity contribution in [3.63, 3.8) is 0 Å². The van der Waals surface area contributed by atoms with Gasteiger partial charge in [0.25, 0.3) is 5.91 Å². The van der Waals surface area contributed by atoms with Crippen LogP contribution in [0.25, 0.3) is 0 Å². The second-order valence-electron chi connectivity index (χ2n) is 3.21. The number of amides is 1. The highest BCUT2D eigenvalue weighted by molar-refractivity contribution is 5.92. The number of rotatable bonds is 1. The van der Waals surface area contributed by atoms with Crippen LogP contribution in [-0.4, -0.2) is 28.9 Å². The van der Waals surface area contributed by atoms with Crippen molar-refractivity contribution in [3.8, 4) is 0 Å². The molecule has 1 aliphatic heterocycles. The summed E-state index contributed by atoms with van der Waals surface area (Å²) in [6, 6.07) is 5.43. The number of hydrogen-bond donors (Lipinski definition) is 0. The first-order valence-electron chi connectivity index (χ1n) is 4.58. The molecule has 68 valence electrons. The number of aromatic nitrogens is 1. The average Bonchev–Trinajstić information content (AvgIpc) is 2.71. The molecule has 0 N–H and O–H groups in total. The summed E-state index contributed by atoms with van der Waals surface area (Å²) in [5.74, 6) is 0.0677. The highest BCUT2D eigenvalue weighted by Gasteiger charge is 2.19. The van der Waals surface area contributed by atoms with Gasteiger partial charge in [-0.3, -0.25) is 9.78 Å². The summed E-state index contributed by atoms with van der Waals surface area (Å²) in [5, 5.41) is 0. The third kappa shape index (κ3) is 1.69. The molecule has 0 unspecified atom stereocenters. The fraction of sp³-hybridized carbons (Fsp3) is 0.400. The summed E-state index contributed by atoms with van der Waals surface area (Å²) >= 11 is 0. The van der Waals surface area contributed by atoms with Crippen LogP contribution < -0.4 is 0 Å². The van der Waals surface area contributed by atoms with Gasteiger partial charge in [-0.05, 0) is 25.0 Å². The average molecular weight is 176 g/mol. The van der Waals surface area contributed by atoms with Crippen LogP contribution in [0.2, 0.25) is 0 Å². The first kappa shape index (κ1) is 8.23. The molecule has 0 atom stereocenters. The molecule has 13 heavy (non-hydrogen) atoms. The maximum atomic E-state index is 11.7. The van der Waals surface area contributed by atoms with Crippen LogP contribution in [0.5, 0.6) is 0 Å². The Balaban J connectivity index is 2.13. The topological polar surface area (TPSA) is 33.2 Å². The van der Waals surface area contributed by atoms with E-state index in [0.717, 1.165) is 25.9 Å². The third-order valence-electron chi connectivity index (χ3n) is 2.28. The lowest BCUT2D eigenvalue weighted by atomic mass is 10.3. The van der Waals surface area contributed by atoms with Crippen LogP contribution in [0.15, 0.2) is 24.4 Å². The number of hydrogen-bond acceptors (Lipinski definition) is 2. The minimum Gasteiger partial charge on any atom is -0.337 e. The van der Waals surface area contributed by atoms with Crippen LogP contribution in [0.1, 0.15) is 23.3 Å². The van der Waals surface area contributed by atoms with Crippen molar-refractivity contribution in [2.75, 3.05) is 13.1 Å². The van der Waals surface area contributed by atoms with E-state index in [9.17, 15) is 4.79 Å². The smallest absolute Gasteiger partial charge is 0.272 e. The highest BCUT2D eigenvalue weighted by Crippen LogP contribution is 2.10. The van der Waals surface area contributed by atoms with Crippen molar-refractivity contribution in [1.29, 1.82) is 0 Å². The van der Waals surface area contributed by atoms with E-state index in [4.69, 9.17) is 0 Å². The van der Waals surface area contributed by atoms with E-state index in [1.54, 1.807) is 12.3 Å². The minimum absolute atomic E-state index is 0.0677. The van der Waals surface area contributed by atoms with E-state index in [-0.39, 0.29) is 5.91 Å². The Labute approximate surface area is 77.4 Å². The van der Waals surface area contributed by atoms with Crippen molar-refractivity contribution in [2.24, 2.45) is 0 Å². The van der Waals surface area contributed by atoms with E-state index in [1.165, 1.54) is 0 Å². The van der Waals surface area contributed by atoms with E-state index >= 15 is 0 Å². The Morgan fingerprint density at radius 3 is 2.69 bits per heavy atom. The molecule has 0 bridgehead atoms. The van der Waals surface area contributed by atoms with E-state index < -0.39 is 0 Å². The predicted molar refractivity (Wildman–Crippen MR) is 49.4 cm³/mol. The number of nitrogens with zero attached hydrogens (tertiary/aromatic N) is 2. The van der Waals surface area contributed by atoms with Crippen LogP contribution in [0.4, 0.5) is 0 Å². The second kappa shape index (κ2) is 3.56. The molecule has 1 aliphatic rings. The number of likely N-dealkylation sites (tertiary alicyclic amines) is 1. The molecule has 3 heteroatoms. The van der Waals surface area contributed by atoms with Crippen molar-refractivity contribution in [1.82, 2.24) is 9.88 Å². The van der Waals surface area contributed by atoms with Gasteiger partial charge >= 0.3 is 0 Å². The van der Waals surface area contributed by atoms with Crippen LogP contribution >= 0.6 is 0 Å². The quantitative estimate of drug-likeness (QED) is 0.646. The Morgan fingerprint density at radius 1 is 1.31 bits per heavy atom. The molecule has 1 amide bonds. The van der Waals surface area contributed by atoms with Crippen molar-refractivity contribution in [2.45, 2.75) is 12.8 Å². The van der Waals surface area contributed by atoms with Gasteiger partial charge in [-0.2, -0.15) is 0 Å². The van der Waals surface area contributed by atoms with Crippen LogP contribution in [0.3, 0.4) is 0 Å². The second-order valence-corrected chi connectivity index (χ2v) is 3.21. The van der Waals surface area contributed by atoms with Crippen molar-refractivity contribution in [3.05, 3.63) is 30.1 Å². The molecule has 1 aromatic heterocycles. The Bertz CT molecular complexity index is 291. The Kier molecular flexibility index (Phi) is 2.25. The van der Waals surface area contributed by atoms with Gasteiger partial charge in [-0.15, -0.1) is 0 Å². The maximum Gasteiger partial charge on any atom is 0.272 e. The van der Waals surface area contributed by atoms with E-state index in [0.29, 0.717) is 5.69 Å². The first-order chi connectivity index (χ1) is 6.38. The lowest BCUT2D eigenvalue weighted by Gasteiger charge is -2.13. The molecule has 3 nitrogen and oxygen atoms in total. The summed E-state index contributed by atoms with van der Waals surface area (Å²) in [5.41, 5.74) is 0.560. The van der Waals surface area contributed by atoms with Crippen LogP contribution in [-0.2, 0) is 0 Å². The summed E-state index contributed by atoms with van der Waals surface area (Å²) in [6.45, 7) is 1.77. The standard InChI is InChI=1S/C10H12N2O/c13-10(12-7-3-4-8-12)9-5-1-2-6-11-9/h1-2,5-6H,3-4,7-8H2. The Hall–Kier alpha value is -1.38. The molecule has 0 aliphatic carbocycles. The lowest BCUT2D eigenvalue weighted by molar-refractivity contribution is 0.0787. The molecule has 2 heterocycles. The highest BCUT2D eigenvalue weighted by atomic mass is 16.2. The molecule has 0 radical (unpaired) electrons. The molecule has 0 saturated carbocycles. The van der Waals surface area contributed by atoms with Crippen molar-refractivity contribution < 1.29 is 4.79 Å². The molecule has 0 aromatic carbocycles. The van der Waals surface area contributed by atoms with Gasteiger partial charge in [0.15, 0.2) is 0 Å². The van der Waals surface area contributed by atoms with Crippen molar-refractivity contribution >= 4 is 5.91 Å². The summed E-state index contributed by atoms with van der Waals surface area (Å²) in [6.07, 6.45) is 3.90. The summed E-state index contributed by atoms with van der Waals surface area (Å²) < 4.78 is 0. The summed E-state index contributed by atoms with van der Waals surface area (Å²) in [4.78, 5) is 17.6. The molecule has 0 spiro atoms.